The van der Waals surface area contributed by atoms with Crippen LogP contribution in [0.3, 0.4) is 0 Å². The molecular weight excluding hydrogens is 436 g/mol. The molecule has 0 aromatic heterocycles. The number of rotatable bonds is 1. The Hall–Kier alpha value is -1.07. The first kappa shape index (κ1) is 15.5. The van der Waals surface area contributed by atoms with Crippen molar-refractivity contribution in [3.8, 4) is 0 Å². The minimum absolute atomic E-state index is 0.874. The summed E-state index contributed by atoms with van der Waals surface area (Å²) in [6.45, 7) is 0. The molecule has 0 atom stereocenters. The summed E-state index contributed by atoms with van der Waals surface area (Å²) in [6.07, 6.45) is 0. The zero-order chi connectivity index (χ0) is 16.0. The number of benzene rings is 3. The van der Waals surface area contributed by atoms with Gasteiger partial charge in [0.15, 0.2) is 0 Å². The maximum atomic E-state index is 11.8. The topological polar surface area (TPSA) is 20.2 Å². The molecule has 0 saturated carbocycles. The van der Waals surface area contributed by atoms with Gasteiger partial charge in [0.1, 0.15) is 5.60 Å². The monoisotopic (exact) mass is 446 g/mol. The molecular formula is C19H12Br2OS. The van der Waals surface area contributed by atoms with E-state index in [2.05, 4.69) is 44.0 Å². The van der Waals surface area contributed by atoms with E-state index in [0.717, 1.165) is 35.4 Å². The molecule has 114 valence electrons. The second kappa shape index (κ2) is 5.78. The lowest BCUT2D eigenvalue weighted by molar-refractivity contribution is 0.118. The van der Waals surface area contributed by atoms with Crippen LogP contribution in [-0.2, 0) is 5.60 Å². The lowest BCUT2D eigenvalue weighted by Gasteiger charge is -2.37. The van der Waals surface area contributed by atoms with Gasteiger partial charge in [0, 0.05) is 29.9 Å². The Bertz CT molecular complexity index is 842. The van der Waals surface area contributed by atoms with E-state index >= 15 is 0 Å². The van der Waals surface area contributed by atoms with Gasteiger partial charge in [-0.05, 0) is 42.0 Å². The summed E-state index contributed by atoms with van der Waals surface area (Å²) in [5.41, 5.74) is 1.53. The molecule has 0 bridgehead atoms. The van der Waals surface area contributed by atoms with E-state index in [1.165, 1.54) is 0 Å². The maximum Gasteiger partial charge on any atom is 0.142 e. The predicted molar refractivity (Wildman–Crippen MR) is 101 cm³/mol. The zero-order valence-corrected chi connectivity index (χ0v) is 16.0. The molecule has 0 saturated heterocycles. The fourth-order valence-electron chi connectivity index (χ4n) is 3.00. The van der Waals surface area contributed by atoms with Crippen molar-refractivity contribution >= 4 is 43.6 Å². The number of aliphatic hydroxyl groups is 1. The van der Waals surface area contributed by atoms with Gasteiger partial charge in [0.25, 0.3) is 0 Å². The van der Waals surface area contributed by atoms with Crippen LogP contribution in [0.5, 0.6) is 0 Å². The van der Waals surface area contributed by atoms with Gasteiger partial charge in [-0.15, -0.1) is 0 Å². The summed E-state index contributed by atoms with van der Waals surface area (Å²) < 4.78 is 1.93. The Morgan fingerprint density at radius 2 is 1.26 bits per heavy atom. The van der Waals surface area contributed by atoms with E-state index in [9.17, 15) is 5.11 Å². The maximum absolute atomic E-state index is 11.8. The van der Waals surface area contributed by atoms with Crippen molar-refractivity contribution in [2.24, 2.45) is 0 Å². The highest BCUT2D eigenvalue weighted by Gasteiger charge is 2.41. The van der Waals surface area contributed by atoms with Crippen molar-refractivity contribution in [3.05, 3.63) is 92.4 Å². The summed E-state index contributed by atoms with van der Waals surface area (Å²) in [5.74, 6) is 0. The minimum atomic E-state index is -1.16. The van der Waals surface area contributed by atoms with Gasteiger partial charge in [-0.3, -0.25) is 0 Å². The molecule has 0 unspecified atom stereocenters. The molecule has 0 spiro atoms. The molecule has 4 heteroatoms. The molecule has 1 heterocycles. The Kier molecular flexibility index (Phi) is 3.88. The predicted octanol–water partition coefficient (Wildman–Crippen LogP) is 5.96. The van der Waals surface area contributed by atoms with E-state index in [4.69, 9.17) is 0 Å². The van der Waals surface area contributed by atoms with Gasteiger partial charge in [-0.1, -0.05) is 74.0 Å². The molecule has 3 aromatic rings. The van der Waals surface area contributed by atoms with Crippen molar-refractivity contribution in [2.75, 3.05) is 0 Å². The first-order chi connectivity index (χ1) is 11.1. The molecule has 1 N–H and O–H groups in total. The number of halogens is 2. The van der Waals surface area contributed by atoms with Crippen LogP contribution in [0.2, 0.25) is 0 Å². The highest BCUT2D eigenvalue weighted by Crippen LogP contribution is 2.52. The summed E-state index contributed by atoms with van der Waals surface area (Å²) in [7, 11) is 0. The van der Waals surface area contributed by atoms with E-state index in [1.54, 1.807) is 11.8 Å². The van der Waals surface area contributed by atoms with Crippen LogP contribution < -0.4 is 0 Å². The average Bonchev–Trinajstić information content (AvgIpc) is 2.57. The Balaban J connectivity index is 2.08. The lowest BCUT2D eigenvalue weighted by Crippen LogP contribution is -2.32. The second-order valence-electron chi connectivity index (χ2n) is 5.46. The lowest BCUT2D eigenvalue weighted by atomic mass is 9.80. The van der Waals surface area contributed by atoms with Crippen molar-refractivity contribution in [1.82, 2.24) is 0 Å². The highest BCUT2D eigenvalue weighted by atomic mass is 79.9. The van der Waals surface area contributed by atoms with Crippen molar-refractivity contribution < 1.29 is 5.11 Å². The van der Waals surface area contributed by atoms with Crippen LogP contribution in [0.1, 0.15) is 16.7 Å². The molecule has 0 amide bonds. The first-order valence-electron chi connectivity index (χ1n) is 7.15. The van der Waals surface area contributed by atoms with Crippen LogP contribution >= 0.6 is 43.6 Å². The molecule has 3 aromatic carbocycles. The quantitative estimate of drug-likeness (QED) is 0.496. The fraction of sp³-hybridized carbons (Fsp3) is 0.0526. The summed E-state index contributed by atoms with van der Waals surface area (Å²) >= 11 is 8.77. The minimum Gasteiger partial charge on any atom is -0.376 e. The fourth-order valence-corrected chi connectivity index (χ4v) is 4.87. The third kappa shape index (κ3) is 2.49. The summed E-state index contributed by atoms with van der Waals surface area (Å²) in [5, 5.41) is 11.8. The van der Waals surface area contributed by atoms with Crippen LogP contribution in [0, 0.1) is 0 Å². The van der Waals surface area contributed by atoms with Crippen LogP contribution in [0.4, 0.5) is 0 Å². The van der Waals surface area contributed by atoms with Gasteiger partial charge < -0.3 is 5.11 Å². The Labute approximate surface area is 156 Å². The van der Waals surface area contributed by atoms with E-state index < -0.39 is 5.60 Å². The van der Waals surface area contributed by atoms with Gasteiger partial charge in [-0.25, -0.2) is 0 Å². The van der Waals surface area contributed by atoms with E-state index in [1.807, 2.05) is 54.6 Å². The third-order valence-corrected chi connectivity index (χ3v) is 6.21. The largest absolute Gasteiger partial charge is 0.376 e. The number of fused-ring (bicyclic) bond motifs is 2. The summed E-state index contributed by atoms with van der Waals surface area (Å²) in [4.78, 5) is 2.16. The SMILES string of the molecule is OC1(c2ccccc2)c2cc(Br)ccc2Sc2ccc(Br)cc21. The number of hydrogen-bond donors (Lipinski definition) is 1. The highest BCUT2D eigenvalue weighted by molar-refractivity contribution is 9.10. The second-order valence-corrected chi connectivity index (χ2v) is 8.37. The van der Waals surface area contributed by atoms with Gasteiger partial charge in [-0.2, -0.15) is 0 Å². The van der Waals surface area contributed by atoms with E-state index in [0.29, 0.717) is 0 Å². The van der Waals surface area contributed by atoms with Crippen molar-refractivity contribution in [1.29, 1.82) is 0 Å². The third-order valence-electron chi connectivity index (χ3n) is 4.07. The molecule has 1 aliphatic heterocycles. The van der Waals surface area contributed by atoms with Crippen LogP contribution in [0.25, 0.3) is 0 Å². The first-order valence-corrected chi connectivity index (χ1v) is 9.55. The molecule has 0 radical (unpaired) electrons. The molecule has 0 aliphatic carbocycles. The molecule has 0 fully saturated rings. The van der Waals surface area contributed by atoms with Gasteiger partial charge in [0.2, 0.25) is 0 Å². The smallest absolute Gasteiger partial charge is 0.142 e. The molecule has 4 rings (SSSR count). The standard InChI is InChI=1S/C19H12Br2OS/c20-13-6-8-17-15(10-13)19(22,12-4-2-1-3-5-12)16-11-14(21)7-9-18(16)23-17/h1-11,22H. The molecule has 23 heavy (non-hydrogen) atoms. The van der Waals surface area contributed by atoms with Gasteiger partial charge >= 0.3 is 0 Å². The normalized spacial score (nSPS) is 14.9. The average molecular weight is 448 g/mol. The van der Waals surface area contributed by atoms with Crippen LogP contribution in [0.15, 0.2) is 85.5 Å². The Morgan fingerprint density at radius 1 is 0.739 bits per heavy atom. The van der Waals surface area contributed by atoms with Crippen molar-refractivity contribution in [3.63, 3.8) is 0 Å². The molecule has 1 aliphatic rings. The van der Waals surface area contributed by atoms with E-state index in [-0.39, 0.29) is 0 Å². The molecule has 1 nitrogen and oxygen atoms in total. The number of hydrogen-bond acceptors (Lipinski definition) is 2. The van der Waals surface area contributed by atoms with Crippen molar-refractivity contribution in [2.45, 2.75) is 15.4 Å². The van der Waals surface area contributed by atoms with Gasteiger partial charge in [0.05, 0.1) is 0 Å². The zero-order valence-electron chi connectivity index (χ0n) is 12.0. The Morgan fingerprint density at radius 3 is 1.78 bits per heavy atom. The summed E-state index contributed by atoms with van der Waals surface area (Å²) in [6, 6.07) is 22.0. The van der Waals surface area contributed by atoms with Crippen LogP contribution in [-0.4, -0.2) is 5.11 Å².